The summed E-state index contributed by atoms with van der Waals surface area (Å²) in [6.07, 6.45) is 0. The van der Waals surface area contributed by atoms with Crippen molar-refractivity contribution in [3.05, 3.63) is 29.6 Å². The van der Waals surface area contributed by atoms with Crippen LogP contribution in [0.25, 0.3) is 0 Å². The number of ether oxygens (including phenoxy) is 1. The van der Waals surface area contributed by atoms with Crippen molar-refractivity contribution in [1.29, 1.82) is 0 Å². The minimum atomic E-state index is -1.09. The van der Waals surface area contributed by atoms with Crippen LogP contribution in [0, 0.1) is 11.7 Å². The summed E-state index contributed by atoms with van der Waals surface area (Å²) in [4.78, 5) is 10.6. The molecule has 0 amide bonds. The minimum absolute atomic E-state index is 0.0106. The number of rotatable bonds is 4. The summed E-state index contributed by atoms with van der Waals surface area (Å²) in [5, 5.41) is 8.70. The van der Waals surface area contributed by atoms with E-state index in [2.05, 4.69) is 0 Å². The molecule has 0 aromatic heterocycles. The van der Waals surface area contributed by atoms with Gasteiger partial charge in [0, 0.05) is 0 Å². The summed E-state index contributed by atoms with van der Waals surface area (Å²) < 4.78 is 18.3. The van der Waals surface area contributed by atoms with Gasteiger partial charge >= 0.3 is 5.97 Å². The molecular weight excluding hydrogens is 199 g/mol. The maximum absolute atomic E-state index is 13.2. The third-order valence-electron chi connectivity index (χ3n) is 1.75. The summed E-state index contributed by atoms with van der Waals surface area (Å²) in [5.41, 5.74) is 0.0233. The lowest BCUT2D eigenvalue weighted by atomic mass is 10.2. The highest BCUT2D eigenvalue weighted by molar-refractivity contribution is 5.88. The van der Waals surface area contributed by atoms with Crippen LogP contribution in [0.5, 0.6) is 5.75 Å². The molecule has 1 N–H and O–H groups in total. The molecule has 0 atom stereocenters. The first-order valence-corrected chi connectivity index (χ1v) is 4.66. The highest BCUT2D eigenvalue weighted by atomic mass is 19.1. The topological polar surface area (TPSA) is 46.5 Å². The molecule has 0 unspecified atom stereocenters. The molecule has 1 aromatic carbocycles. The summed E-state index contributed by atoms with van der Waals surface area (Å²) in [7, 11) is 0. The second-order valence-electron chi connectivity index (χ2n) is 3.66. The van der Waals surface area contributed by atoms with Crippen LogP contribution >= 0.6 is 0 Å². The fraction of sp³-hybridized carbons (Fsp3) is 0.364. The van der Waals surface area contributed by atoms with Crippen LogP contribution < -0.4 is 4.74 Å². The number of halogens is 1. The van der Waals surface area contributed by atoms with E-state index in [4.69, 9.17) is 9.84 Å². The zero-order valence-corrected chi connectivity index (χ0v) is 8.66. The Bertz CT molecular complexity index is 361. The van der Waals surface area contributed by atoms with Gasteiger partial charge in [0.05, 0.1) is 12.2 Å². The monoisotopic (exact) mass is 212 g/mol. The molecule has 0 bridgehead atoms. The molecule has 0 aliphatic carbocycles. The molecule has 82 valence electrons. The first kappa shape index (κ1) is 11.5. The van der Waals surface area contributed by atoms with Crippen molar-refractivity contribution < 1.29 is 19.0 Å². The largest absolute Gasteiger partial charge is 0.490 e. The highest BCUT2D eigenvalue weighted by Crippen LogP contribution is 2.19. The van der Waals surface area contributed by atoms with E-state index in [0.717, 1.165) is 6.07 Å². The van der Waals surface area contributed by atoms with Crippen LogP contribution in [-0.4, -0.2) is 17.7 Å². The Labute approximate surface area is 87.5 Å². The van der Waals surface area contributed by atoms with Crippen LogP contribution in [-0.2, 0) is 0 Å². The summed E-state index contributed by atoms with van der Waals surface area (Å²) >= 11 is 0. The lowest BCUT2D eigenvalue weighted by Gasteiger charge is -2.09. The molecule has 0 spiro atoms. The lowest BCUT2D eigenvalue weighted by Crippen LogP contribution is -2.07. The van der Waals surface area contributed by atoms with Crippen LogP contribution in [0.4, 0.5) is 4.39 Å². The number of aromatic carboxylic acids is 1. The standard InChI is InChI=1S/C11H13FO3/c1-7(2)6-15-10-5-8(11(13)14)3-4-9(10)12/h3-5,7H,6H2,1-2H3,(H,13,14). The van der Waals surface area contributed by atoms with Crippen LogP contribution in [0.2, 0.25) is 0 Å². The second-order valence-corrected chi connectivity index (χ2v) is 3.66. The van der Waals surface area contributed by atoms with Crippen LogP contribution in [0.1, 0.15) is 24.2 Å². The van der Waals surface area contributed by atoms with E-state index in [1.807, 2.05) is 13.8 Å². The maximum atomic E-state index is 13.2. The molecule has 0 saturated carbocycles. The minimum Gasteiger partial charge on any atom is -0.490 e. The van der Waals surface area contributed by atoms with Crippen molar-refractivity contribution >= 4 is 5.97 Å². The predicted molar refractivity (Wildman–Crippen MR) is 53.7 cm³/mol. The Morgan fingerprint density at radius 1 is 1.53 bits per heavy atom. The lowest BCUT2D eigenvalue weighted by molar-refractivity contribution is 0.0696. The molecule has 1 aromatic rings. The summed E-state index contributed by atoms with van der Waals surface area (Å²) in [6, 6.07) is 3.50. The Hall–Kier alpha value is -1.58. The molecular formula is C11H13FO3. The van der Waals surface area contributed by atoms with Gasteiger partial charge in [-0.05, 0) is 24.1 Å². The Kier molecular flexibility index (Phi) is 3.66. The summed E-state index contributed by atoms with van der Waals surface area (Å²) in [5.74, 6) is -1.38. The Morgan fingerprint density at radius 3 is 2.73 bits per heavy atom. The molecule has 1 rings (SSSR count). The molecule has 0 saturated heterocycles. The van der Waals surface area contributed by atoms with Gasteiger partial charge in [-0.15, -0.1) is 0 Å². The van der Waals surface area contributed by atoms with E-state index < -0.39 is 11.8 Å². The third kappa shape index (κ3) is 3.23. The molecule has 0 fully saturated rings. The maximum Gasteiger partial charge on any atom is 0.335 e. The van der Waals surface area contributed by atoms with E-state index in [1.54, 1.807) is 0 Å². The smallest absolute Gasteiger partial charge is 0.335 e. The van der Waals surface area contributed by atoms with E-state index in [0.29, 0.717) is 6.61 Å². The van der Waals surface area contributed by atoms with Crippen molar-refractivity contribution in [1.82, 2.24) is 0 Å². The van der Waals surface area contributed by atoms with Gasteiger partial charge in [0.2, 0.25) is 0 Å². The van der Waals surface area contributed by atoms with E-state index in [1.165, 1.54) is 12.1 Å². The molecule has 3 nitrogen and oxygen atoms in total. The van der Waals surface area contributed by atoms with Gasteiger partial charge in [0.1, 0.15) is 0 Å². The van der Waals surface area contributed by atoms with Crippen molar-refractivity contribution in [2.45, 2.75) is 13.8 Å². The van der Waals surface area contributed by atoms with Crippen molar-refractivity contribution in [2.75, 3.05) is 6.61 Å². The predicted octanol–water partition coefficient (Wildman–Crippen LogP) is 2.56. The molecule has 0 aliphatic rings. The van der Waals surface area contributed by atoms with Crippen LogP contribution in [0.3, 0.4) is 0 Å². The third-order valence-corrected chi connectivity index (χ3v) is 1.75. The Balaban J connectivity index is 2.85. The average Bonchev–Trinajstić information content (AvgIpc) is 2.16. The zero-order valence-electron chi connectivity index (χ0n) is 8.66. The molecule has 0 heterocycles. The number of carboxylic acids is 1. The highest BCUT2D eigenvalue weighted by Gasteiger charge is 2.09. The fourth-order valence-electron chi connectivity index (χ4n) is 1.00. The van der Waals surface area contributed by atoms with Crippen molar-refractivity contribution in [2.24, 2.45) is 5.92 Å². The van der Waals surface area contributed by atoms with Gasteiger partial charge in [-0.2, -0.15) is 0 Å². The second kappa shape index (κ2) is 4.77. The van der Waals surface area contributed by atoms with Crippen molar-refractivity contribution in [3.8, 4) is 5.75 Å². The first-order valence-electron chi connectivity index (χ1n) is 4.66. The summed E-state index contributed by atoms with van der Waals surface area (Å²) in [6.45, 7) is 4.22. The number of hydrogen-bond acceptors (Lipinski definition) is 2. The zero-order chi connectivity index (χ0) is 11.4. The molecule has 0 aliphatic heterocycles. The number of hydrogen-bond donors (Lipinski definition) is 1. The number of carbonyl (C=O) groups is 1. The quantitative estimate of drug-likeness (QED) is 0.834. The van der Waals surface area contributed by atoms with E-state index in [9.17, 15) is 9.18 Å². The van der Waals surface area contributed by atoms with Gasteiger partial charge in [-0.1, -0.05) is 13.8 Å². The average molecular weight is 212 g/mol. The van der Waals surface area contributed by atoms with Gasteiger partial charge in [0.15, 0.2) is 11.6 Å². The van der Waals surface area contributed by atoms with E-state index >= 15 is 0 Å². The van der Waals surface area contributed by atoms with Gasteiger partial charge < -0.3 is 9.84 Å². The van der Waals surface area contributed by atoms with Crippen molar-refractivity contribution in [3.63, 3.8) is 0 Å². The molecule has 4 heteroatoms. The number of benzene rings is 1. The first-order chi connectivity index (χ1) is 7.00. The normalized spacial score (nSPS) is 10.4. The van der Waals surface area contributed by atoms with Gasteiger partial charge in [0.25, 0.3) is 0 Å². The molecule has 0 radical (unpaired) electrons. The van der Waals surface area contributed by atoms with Gasteiger partial charge in [-0.25, -0.2) is 9.18 Å². The molecule has 15 heavy (non-hydrogen) atoms. The SMILES string of the molecule is CC(C)COc1cc(C(=O)O)ccc1F. The fourth-order valence-corrected chi connectivity index (χ4v) is 1.00. The number of carboxylic acid groups (broad SMARTS) is 1. The van der Waals surface area contributed by atoms with Gasteiger partial charge in [-0.3, -0.25) is 0 Å². The van der Waals surface area contributed by atoms with E-state index in [-0.39, 0.29) is 17.2 Å². The van der Waals surface area contributed by atoms with Crippen LogP contribution in [0.15, 0.2) is 18.2 Å². The Morgan fingerprint density at radius 2 is 2.20 bits per heavy atom.